The van der Waals surface area contributed by atoms with Gasteiger partial charge in [0.25, 0.3) is 5.91 Å². The summed E-state index contributed by atoms with van der Waals surface area (Å²) in [6.07, 6.45) is 7.33. The van der Waals surface area contributed by atoms with Gasteiger partial charge in [0.05, 0.1) is 24.7 Å². The Kier molecular flexibility index (Phi) is 5.34. The maximum absolute atomic E-state index is 12.4. The third-order valence-corrected chi connectivity index (χ3v) is 6.24. The van der Waals surface area contributed by atoms with Crippen LogP contribution in [0.2, 0.25) is 0 Å². The molecular formula is C21H22N2O4S. The van der Waals surface area contributed by atoms with Crippen molar-refractivity contribution in [3.63, 3.8) is 0 Å². The van der Waals surface area contributed by atoms with E-state index in [1.165, 1.54) is 41.0 Å². The number of carbonyl (C=O) groups excluding carboxylic acids is 2. The maximum atomic E-state index is 12.4. The molecule has 7 heteroatoms. The molecule has 3 aromatic rings. The number of nitrogens with one attached hydrogen (secondary N) is 2. The SMILES string of the molecule is COc1ccc2c(CC(=O)NNC(=O)c3cc4c(s3)CCCCC4)coc2c1. The van der Waals surface area contributed by atoms with E-state index in [1.807, 2.05) is 18.2 Å². The quantitative estimate of drug-likeness (QED) is 0.518. The second-order valence-electron chi connectivity index (χ2n) is 6.92. The Morgan fingerprint density at radius 2 is 2.00 bits per heavy atom. The van der Waals surface area contributed by atoms with Gasteiger partial charge in [-0.05, 0) is 49.4 Å². The molecule has 1 aliphatic carbocycles. The van der Waals surface area contributed by atoms with Gasteiger partial charge in [-0.2, -0.15) is 0 Å². The molecule has 146 valence electrons. The number of aryl methyl sites for hydroxylation is 2. The molecule has 0 aliphatic heterocycles. The number of amides is 2. The molecule has 1 aliphatic rings. The van der Waals surface area contributed by atoms with Crippen LogP contribution in [0.1, 0.15) is 44.9 Å². The van der Waals surface area contributed by atoms with Crippen molar-refractivity contribution < 1.29 is 18.7 Å². The fourth-order valence-corrected chi connectivity index (χ4v) is 4.66. The molecule has 0 radical (unpaired) electrons. The zero-order chi connectivity index (χ0) is 19.5. The monoisotopic (exact) mass is 398 g/mol. The number of thiophene rings is 1. The number of hydrogen-bond acceptors (Lipinski definition) is 5. The summed E-state index contributed by atoms with van der Waals surface area (Å²) >= 11 is 1.53. The summed E-state index contributed by atoms with van der Waals surface area (Å²) in [6.45, 7) is 0. The summed E-state index contributed by atoms with van der Waals surface area (Å²) in [5, 5.41) is 0.851. The summed E-state index contributed by atoms with van der Waals surface area (Å²) in [5.74, 6) is 0.123. The van der Waals surface area contributed by atoms with Gasteiger partial charge < -0.3 is 9.15 Å². The molecule has 0 bridgehead atoms. The summed E-state index contributed by atoms with van der Waals surface area (Å²) < 4.78 is 10.7. The fourth-order valence-electron chi connectivity index (χ4n) is 3.51. The number of rotatable bonds is 4. The fraction of sp³-hybridized carbons (Fsp3) is 0.333. The number of ether oxygens (including phenoxy) is 1. The molecule has 0 atom stereocenters. The van der Waals surface area contributed by atoms with E-state index in [2.05, 4.69) is 10.9 Å². The average molecular weight is 398 g/mol. The first-order valence-corrected chi connectivity index (χ1v) is 10.2. The van der Waals surface area contributed by atoms with Gasteiger partial charge in [-0.15, -0.1) is 11.3 Å². The Morgan fingerprint density at radius 1 is 1.14 bits per heavy atom. The predicted octanol–water partition coefficient (Wildman–Crippen LogP) is 3.78. The normalized spacial score (nSPS) is 13.6. The number of benzene rings is 1. The minimum Gasteiger partial charge on any atom is -0.497 e. The van der Waals surface area contributed by atoms with Gasteiger partial charge in [-0.1, -0.05) is 6.42 Å². The van der Waals surface area contributed by atoms with Crippen molar-refractivity contribution in [2.75, 3.05) is 7.11 Å². The smallest absolute Gasteiger partial charge is 0.279 e. The van der Waals surface area contributed by atoms with E-state index in [0.717, 1.165) is 23.8 Å². The lowest BCUT2D eigenvalue weighted by molar-refractivity contribution is -0.121. The van der Waals surface area contributed by atoms with Crippen LogP contribution in [0.15, 0.2) is 34.9 Å². The Morgan fingerprint density at radius 3 is 2.86 bits per heavy atom. The molecule has 2 N–H and O–H groups in total. The highest BCUT2D eigenvalue weighted by Gasteiger charge is 2.17. The second-order valence-corrected chi connectivity index (χ2v) is 8.06. The standard InChI is InChI=1S/C21H22N2O4S/c1-26-15-7-8-16-14(12-27-17(16)11-15)10-20(24)22-23-21(25)19-9-13-5-3-2-4-6-18(13)28-19/h7-9,11-12H,2-6,10H2,1H3,(H,22,24)(H,23,25). The lowest BCUT2D eigenvalue weighted by Gasteiger charge is -2.06. The first-order chi connectivity index (χ1) is 13.6. The second kappa shape index (κ2) is 8.06. The molecule has 0 saturated heterocycles. The van der Waals surface area contributed by atoms with E-state index < -0.39 is 0 Å². The molecule has 0 fully saturated rings. The zero-order valence-corrected chi connectivity index (χ0v) is 16.5. The highest BCUT2D eigenvalue weighted by molar-refractivity contribution is 7.14. The molecule has 0 spiro atoms. The van der Waals surface area contributed by atoms with E-state index in [1.54, 1.807) is 19.4 Å². The Labute approximate surface area is 166 Å². The van der Waals surface area contributed by atoms with E-state index in [4.69, 9.17) is 9.15 Å². The van der Waals surface area contributed by atoms with Crippen LogP contribution in [0.3, 0.4) is 0 Å². The molecule has 4 rings (SSSR count). The minimum absolute atomic E-state index is 0.112. The highest BCUT2D eigenvalue weighted by atomic mass is 32.1. The number of methoxy groups -OCH3 is 1. The molecule has 6 nitrogen and oxygen atoms in total. The predicted molar refractivity (Wildman–Crippen MR) is 108 cm³/mol. The number of fused-ring (bicyclic) bond motifs is 2. The maximum Gasteiger partial charge on any atom is 0.279 e. The van der Waals surface area contributed by atoms with E-state index in [9.17, 15) is 9.59 Å². The topological polar surface area (TPSA) is 80.6 Å². The zero-order valence-electron chi connectivity index (χ0n) is 15.7. The molecule has 2 aromatic heterocycles. The van der Waals surface area contributed by atoms with Crippen LogP contribution < -0.4 is 15.6 Å². The van der Waals surface area contributed by atoms with E-state index in [-0.39, 0.29) is 18.2 Å². The summed E-state index contributed by atoms with van der Waals surface area (Å²) in [7, 11) is 1.59. The molecule has 28 heavy (non-hydrogen) atoms. The van der Waals surface area contributed by atoms with Gasteiger partial charge in [0, 0.05) is 21.9 Å². The van der Waals surface area contributed by atoms with Crippen molar-refractivity contribution in [2.24, 2.45) is 0 Å². The first-order valence-electron chi connectivity index (χ1n) is 9.39. The molecule has 0 unspecified atom stereocenters. The van der Waals surface area contributed by atoms with Crippen LogP contribution in [0.4, 0.5) is 0 Å². The summed E-state index contributed by atoms with van der Waals surface area (Å²) in [6, 6.07) is 7.42. The van der Waals surface area contributed by atoms with Crippen LogP contribution in [0, 0.1) is 0 Å². The Bertz CT molecular complexity index is 997. The van der Waals surface area contributed by atoms with Gasteiger partial charge in [-0.3, -0.25) is 20.4 Å². The summed E-state index contributed by atoms with van der Waals surface area (Å²) in [5.41, 5.74) is 7.72. The number of carbonyl (C=O) groups is 2. The Hall–Kier alpha value is -2.80. The van der Waals surface area contributed by atoms with Gasteiger partial charge in [0.15, 0.2) is 0 Å². The number of hydrogen-bond donors (Lipinski definition) is 2. The molecule has 1 aromatic carbocycles. The van der Waals surface area contributed by atoms with Crippen molar-refractivity contribution in [1.82, 2.24) is 10.9 Å². The summed E-state index contributed by atoms with van der Waals surface area (Å²) in [4.78, 5) is 26.6. The van der Waals surface area contributed by atoms with Gasteiger partial charge in [0.2, 0.25) is 5.91 Å². The van der Waals surface area contributed by atoms with E-state index >= 15 is 0 Å². The van der Waals surface area contributed by atoms with Crippen molar-refractivity contribution in [2.45, 2.75) is 38.5 Å². The van der Waals surface area contributed by atoms with Crippen LogP contribution in [0.25, 0.3) is 11.0 Å². The molecule has 2 amide bonds. The van der Waals surface area contributed by atoms with Crippen molar-refractivity contribution in [3.05, 3.63) is 51.4 Å². The van der Waals surface area contributed by atoms with Gasteiger partial charge >= 0.3 is 0 Å². The molecule has 0 saturated carbocycles. The van der Waals surface area contributed by atoms with E-state index in [0.29, 0.717) is 16.2 Å². The minimum atomic E-state index is -0.301. The lowest BCUT2D eigenvalue weighted by atomic mass is 10.1. The van der Waals surface area contributed by atoms with Crippen molar-refractivity contribution in [1.29, 1.82) is 0 Å². The first kappa shape index (κ1) is 18.6. The largest absolute Gasteiger partial charge is 0.497 e. The molecular weight excluding hydrogens is 376 g/mol. The third-order valence-electron chi connectivity index (χ3n) is 5.00. The van der Waals surface area contributed by atoms with Crippen LogP contribution in [0.5, 0.6) is 5.75 Å². The third kappa shape index (κ3) is 3.89. The van der Waals surface area contributed by atoms with Crippen LogP contribution >= 0.6 is 11.3 Å². The Balaban J connectivity index is 1.36. The lowest BCUT2D eigenvalue weighted by Crippen LogP contribution is -2.42. The van der Waals surface area contributed by atoms with Crippen LogP contribution in [-0.4, -0.2) is 18.9 Å². The van der Waals surface area contributed by atoms with Crippen molar-refractivity contribution >= 4 is 34.1 Å². The average Bonchev–Trinajstić information content (AvgIpc) is 3.23. The van der Waals surface area contributed by atoms with Gasteiger partial charge in [0.1, 0.15) is 11.3 Å². The molecule has 2 heterocycles. The van der Waals surface area contributed by atoms with Gasteiger partial charge in [-0.25, -0.2) is 0 Å². The number of hydrazine groups is 1. The highest BCUT2D eigenvalue weighted by Crippen LogP contribution is 2.29. The van der Waals surface area contributed by atoms with Crippen LogP contribution in [-0.2, 0) is 24.1 Å². The van der Waals surface area contributed by atoms with Crippen molar-refractivity contribution in [3.8, 4) is 5.75 Å². The number of furan rings is 1.